The van der Waals surface area contributed by atoms with E-state index in [0.717, 1.165) is 34.2 Å². The number of carbonyl (C=O) groups excluding carboxylic acids is 1. The molecule has 1 atom stereocenters. The molecular weight excluding hydrogens is 370 g/mol. The van der Waals surface area contributed by atoms with Crippen molar-refractivity contribution in [2.75, 3.05) is 11.9 Å². The minimum absolute atomic E-state index is 0.0238. The number of pyridine rings is 1. The Hall–Kier alpha value is -2.99. The number of urea groups is 1. The van der Waals surface area contributed by atoms with Crippen LogP contribution in [-0.4, -0.2) is 23.7 Å². The van der Waals surface area contributed by atoms with E-state index in [2.05, 4.69) is 21.7 Å². The van der Waals surface area contributed by atoms with Crippen LogP contribution in [-0.2, 0) is 12.2 Å². The van der Waals surface area contributed by atoms with Gasteiger partial charge in [-0.3, -0.25) is 0 Å². The SMILES string of the molecule is O=C(NCC1Cc2ccccc2O1)Nc1cccc(CSc2ccccn2)c1. The number of nitrogens with one attached hydrogen (secondary N) is 2. The van der Waals surface area contributed by atoms with E-state index in [-0.39, 0.29) is 12.1 Å². The molecule has 0 spiro atoms. The number of fused-ring (bicyclic) bond motifs is 1. The number of rotatable bonds is 6. The highest BCUT2D eigenvalue weighted by molar-refractivity contribution is 7.98. The fraction of sp³-hybridized carbons (Fsp3) is 0.182. The van der Waals surface area contributed by atoms with Gasteiger partial charge in [0.15, 0.2) is 0 Å². The lowest BCUT2D eigenvalue weighted by Crippen LogP contribution is -2.37. The highest BCUT2D eigenvalue weighted by Gasteiger charge is 2.22. The van der Waals surface area contributed by atoms with Gasteiger partial charge in [0.2, 0.25) is 0 Å². The molecule has 0 saturated heterocycles. The topological polar surface area (TPSA) is 63.2 Å². The van der Waals surface area contributed by atoms with E-state index >= 15 is 0 Å². The fourth-order valence-electron chi connectivity index (χ4n) is 3.08. The molecule has 142 valence electrons. The Bertz CT molecular complexity index is 924. The second-order valence-electron chi connectivity index (χ2n) is 6.54. The summed E-state index contributed by atoms with van der Waals surface area (Å²) in [7, 11) is 0. The molecule has 0 bridgehead atoms. The predicted molar refractivity (Wildman–Crippen MR) is 112 cm³/mol. The highest BCUT2D eigenvalue weighted by atomic mass is 32.2. The molecule has 3 aromatic rings. The zero-order valence-corrected chi connectivity index (χ0v) is 16.1. The van der Waals surface area contributed by atoms with Crippen molar-refractivity contribution in [2.45, 2.75) is 23.3 Å². The van der Waals surface area contributed by atoms with Gasteiger partial charge in [0.25, 0.3) is 0 Å². The van der Waals surface area contributed by atoms with Gasteiger partial charge in [0.1, 0.15) is 11.9 Å². The van der Waals surface area contributed by atoms with E-state index in [0.29, 0.717) is 6.54 Å². The van der Waals surface area contributed by atoms with E-state index in [1.807, 2.05) is 60.7 Å². The van der Waals surface area contributed by atoms with Crippen LogP contribution >= 0.6 is 11.8 Å². The molecule has 2 amide bonds. The minimum atomic E-state index is -0.228. The number of anilines is 1. The molecule has 0 radical (unpaired) electrons. The third-order valence-electron chi connectivity index (χ3n) is 4.41. The van der Waals surface area contributed by atoms with Crippen molar-refractivity contribution >= 4 is 23.5 Å². The van der Waals surface area contributed by atoms with Crippen LogP contribution in [0.2, 0.25) is 0 Å². The van der Waals surface area contributed by atoms with Crippen LogP contribution in [0.15, 0.2) is 78.0 Å². The van der Waals surface area contributed by atoms with Gasteiger partial charge < -0.3 is 15.4 Å². The van der Waals surface area contributed by atoms with Crippen LogP contribution in [0.3, 0.4) is 0 Å². The van der Waals surface area contributed by atoms with Crippen molar-refractivity contribution in [2.24, 2.45) is 0 Å². The molecule has 0 aliphatic carbocycles. The summed E-state index contributed by atoms with van der Waals surface area (Å²) in [5, 5.41) is 6.77. The van der Waals surface area contributed by atoms with E-state index in [1.54, 1.807) is 18.0 Å². The molecule has 1 aromatic heterocycles. The number of nitrogens with zero attached hydrogens (tertiary/aromatic N) is 1. The number of thioether (sulfide) groups is 1. The van der Waals surface area contributed by atoms with Crippen LogP contribution in [0, 0.1) is 0 Å². The monoisotopic (exact) mass is 391 g/mol. The average molecular weight is 391 g/mol. The van der Waals surface area contributed by atoms with Crippen molar-refractivity contribution in [3.63, 3.8) is 0 Å². The molecule has 4 rings (SSSR count). The van der Waals surface area contributed by atoms with Crippen molar-refractivity contribution < 1.29 is 9.53 Å². The molecule has 0 fully saturated rings. The highest BCUT2D eigenvalue weighted by Crippen LogP contribution is 2.27. The third kappa shape index (κ3) is 4.84. The average Bonchev–Trinajstić information content (AvgIpc) is 3.15. The van der Waals surface area contributed by atoms with Crippen LogP contribution < -0.4 is 15.4 Å². The van der Waals surface area contributed by atoms with Gasteiger partial charge in [-0.15, -0.1) is 11.8 Å². The molecule has 1 aliphatic heterocycles. The Morgan fingerprint density at radius 2 is 2.00 bits per heavy atom. The molecule has 0 saturated carbocycles. The molecule has 2 N–H and O–H groups in total. The second-order valence-corrected chi connectivity index (χ2v) is 7.54. The number of ether oxygens (including phenoxy) is 1. The first-order valence-corrected chi connectivity index (χ1v) is 10.2. The van der Waals surface area contributed by atoms with Crippen molar-refractivity contribution in [1.82, 2.24) is 10.3 Å². The Kier molecular flexibility index (Phi) is 5.77. The first kappa shape index (κ1) is 18.4. The number of para-hydroxylation sites is 1. The summed E-state index contributed by atoms with van der Waals surface area (Å²) in [6, 6.07) is 21.5. The summed E-state index contributed by atoms with van der Waals surface area (Å²) in [5.41, 5.74) is 3.09. The fourth-order valence-corrected chi connectivity index (χ4v) is 3.88. The quantitative estimate of drug-likeness (QED) is 0.608. The van der Waals surface area contributed by atoms with E-state index in [4.69, 9.17) is 4.74 Å². The van der Waals surface area contributed by atoms with Gasteiger partial charge >= 0.3 is 6.03 Å². The molecule has 2 aromatic carbocycles. The molecule has 1 aliphatic rings. The maximum atomic E-state index is 12.2. The molecule has 1 unspecified atom stereocenters. The zero-order chi connectivity index (χ0) is 19.2. The summed E-state index contributed by atoms with van der Waals surface area (Å²) < 4.78 is 5.85. The lowest BCUT2D eigenvalue weighted by atomic mass is 10.1. The van der Waals surface area contributed by atoms with Crippen molar-refractivity contribution in [3.8, 4) is 5.75 Å². The maximum absolute atomic E-state index is 12.2. The lowest BCUT2D eigenvalue weighted by Gasteiger charge is -2.13. The number of hydrogen-bond acceptors (Lipinski definition) is 4. The smallest absolute Gasteiger partial charge is 0.319 e. The molecular formula is C22H21N3O2S. The zero-order valence-electron chi connectivity index (χ0n) is 15.3. The van der Waals surface area contributed by atoms with E-state index in [9.17, 15) is 4.79 Å². The molecule has 6 heteroatoms. The van der Waals surface area contributed by atoms with Gasteiger partial charge in [-0.1, -0.05) is 36.4 Å². The maximum Gasteiger partial charge on any atom is 0.319 e. The third-order valence-corrected chi connectivity index (χ3v) is 5.43. The van der Waals surface area contributed by atoms with Crippen LogP contribution in [0.5, 0.6) is 5.75 Å². The van der Waals surface area contributed by atoms with Gasteiger partial charge in [-0.25, -0.2) is 9.78 Å². The Labute approximate surface area is 168 Å². The van der Waals surface area contributed by atoms with Gasteiger partial charge in [-0.05, 0) is 41.5 Å². The number of carbonyl (C=O) groups is 1. The Morgan fingerprint density at radius 3 is 2.86 bits per heavy atom. The number of amides is 2. The van der Waals surface area contributed by atoms with Crippen LogP contribution in [0.25, 0.3) is 0 Å². The number of benzene rings is 2. The number of aromatic nitrogens is 1. The minimum Gasteiger partial charge on any atom is -0.488 e. The van der Waals surface area contributed by atoms with Crippen molar-refractivity contribution in [1.29, 1.82) is 0 Å². The van der Waals surface area contributed by atoms with E-state index < -0.39 is 0 Å². The number of hydrogen-bond donors (Lipinski definition) is 2. The normalized spacial score (nSPS) is 14.8. The lowest BCUT2D eigenvalue weighted by molar-refractivity contribution is 0.219. The summed E-state index contributed by atoms with van der Waals surface area (Å²) >= 11 is 1.67. The summed E-state index contributed by atoms with van der Waals surface area (Å²) in [6.45, 7) is 0.468. The second kappa shape index (κ2) is 8.80. The van der Waals surface area contributed by atoms with Crippen LogP contribution in [0.1, 0.15) is 11.1 Å². The standard InChI is InChI=1S/C22H21N3O2S/c26-22(24-14-19-13-17-7-1-2-9-20(17)27-19)25-18-8-5-6-16(12-18)15-28-21-10-3-4-11-23-21/h1-12,19H,13-15H2,(H2,24,25,26). The van der Waals surface area contributed by atoms with Crippen LogP contribution in [0.4, 0.5) is 10.5 Å². The summed E-state index contributed by atoms with van der Waals surface area (Å²) in [5.74, 6) is 1.70. The van der Waals surface area contributed by atoms with Gasteiger partial charge in [-0.2, -0.15) is 0 Å². The van der Waals surface area contributed by atoms with Crippen molar-refractivity contribution in [3.05, 3.63) is 84.1 Å². The van der Waals surface area contributed by atoms with Gasteiger partial charge in [0, 0.05) is 24.1 Å². The van der Waals surface area contributed by atoms with E-state index in [1.165, 1.54) is 5.56 Å². The first-order chi connectivity index (χ1) is 13.8. The summed E-state index contributed by atoms with van der Waals surface area (Å²) in [4.78, 5) is 16.6. The Morgan fingerprint density at radius 1 is 1.11 bits per heavy atom. The first-order valence-electron chi connectivity index (χ1n) is 9.18. The summed E-state index contributed by atoms with van der Waals surface area (Å²) in [6.07, 6.45) is 2.58. The molecule has 28 heavy (non-hydrogen) atoms. The predicted octanol–water partition coefficient (Wildman–Crippen LogP) is 4.50. The molecule has 2 heterocycles. The largest absolute Gasteiger partial charge is 0.488 e. The molecule has 5 nitrogen and oxygen atoms in total. The Balaban J connectivity index is 1.25. The van der Waals surface area contributed by atoms with Gasteiger partial charge in [0.05, 0.1) is 11.6 Å².